The van der Waals surface area contributed by atoms with Crippen LogP contribution in [0.4, 0.5) is 0 Å². The van der Waals surface area contributed by atoms with Gasteiger partial charge in [-0.3, -0.25) is 4.79 Å². The molecule has 4 heteroatoms. The Morgan fingerprint density at radius 2 is 2.31 bits per heavy atom. The van der Waals surface area contributed by atoms with Crippen LogP contribution in [-0.4, -0.2) is 30.7 Å². The Morgan fingerprint density at radius 1 is 1.62 bits per heavy atom. The van der Waals surface area contributed by atoms with Gasteiger partial charge >= 0.3 is 0 Å². The van der Waals surface area contributed by atoms with E-state index in [-0.39, 0.29) is 24.6 Å². The molecule has 3 unspecified atom stereocenters. The molecule has 1 aliphatic rings. The number of rotatable bonds is 4. The zero-order valence-corrected chi connectivity index (χ0v) is 9.74. The van der Waals surface area contributed by atoms with Crippen LogP contribution in [0.1, 0.15) is 32.6 Å². The number of ether oxygens (including phenoxy) is 1. The van der Waals surface area contributed by atoms with Crippen molar-refractivity contribution in [2.45, 2.75) is 50.9 Å². The highest BCUT2D eigenvalue weighted by Gasteiger charge is 2.26. The number of carbonyl (C=O) groups is 1. The Bertz CT molecular complexity index is 273. The summed E-state index contributed by atoms with van der Waals surface area (Å²) in [6.07, 6.45) is 8.76. The number of hydrogen-bond acceptors (Lipinski definition) is 3. The fraction of sp³-hybridized carbons (Fsp3) is 0.750. The van der Waals surface area contributed by atoms with Crippen LogP contribution in [0.3, 0.4) is 0 Å². The zero-order valence-electron chi connectivity index (χ0n) is 9.74. The van der Waals surface area contributed by atoms with E-state index in [4.69, 9.17) is 16.9 Å². The number of carbonyl (C=O) groups excluding carboxylic acids is 1. The van der Waals surface area contributed by atoms with Gasteiger partial charge in [0.1, 0.15) is 6.10 Å². The summed E-state index contributed by atoms with van der Waals surface area (Å²) in [6.45, 7) is 1.97. The summed E-state index contributed by atoms with van der Waals surface area (Å²) in [7, 11) is 0. The second-order valence-electron chi connectivity index (χ2n) is 4.19. The third kappa shape index (κ3) is 3.84. The molecule has 1 amide bonds. The van der Waals surface area contributed by atoms with Crippen LogP contribution < -0.4 is 11.1 Å². The van der Waals surface area contributed by atoms with E-state index in [0.717, 1.165) is 25.7 Å². The molecule has 1 rings (SSSR count). The first-order chi connectivity index (χ1) is 7.65. The topological polar surface area (TPSA) is 64.3 Å². The minimum Gasteiger partial charge on any atom is -0.364 e. The maximum Gasteiger partial charge on any atom is 0.249 e. The van der Waals surface area contributed by atoms with Crippen molar-refractivity contribution in [1.29, 1.82) is 0 Å². The van der Waals surface area contributed by atoms with E-state index in [9.17, 15) is 4.79 Å². The Morgan fingerprint density at radius 3 is 2.94 bits per heavy atom. The van der Waals surface area contributed by atoms with Crippen LogP contribution >= 0.6 is 0 Å². The Kier molecular flexibility index (Phi) is 5.30. The van der Waals surface area contributed by atoms with Crippen molar-refractivity contribution in [1.82, 2.24) is 5.32 Å². The molecule has 0 bridgehead atoms. The standard InChI is InChI=1S/C12H20N2O2/c1-3-8-14-12(15)9(2)16-11-7-5-4-6-10(11)13/h1,9-11H,4-8,13H2,2H3,(H,14,15). The molecule has 1 aliphatic carbocycles. The Labute approximate surface area is 96.9 Å². The number of nitrogens with one attached hydrogen (secondary N) is 1. The molecule has 16 heavy (non-hydrogen) atoms. The molecule has 0 radical (unpaired) electrons. The van der Waals surface area contributed by atoms with Crippen molar-refractivity contribution in [3.8, 4) is 12.3 Å². The van der Waals surface area contributed by atoms with Crippen molar-refractivity contribution in [3.63, 3.8) is 0 Å². The van der Waals surface area contributed by atoms with Crippen LogP contribution in [-0.2, 0) is 9.53 Å². The molecule has 0 saturated heterocycles. The maximum absolute atomic E-state index is 11.5. The lowest BCUT2D eigenvalue weighted by Gasteiger charge is -2.30. The van der Waals surface area contributed by atoms with Gasteiger partial charge in [-0.05, 0) is 19.8 Å². The van der Waals surface area contributed by atoms with Crippen molar-refractivity contribution in [3.05, 3.63) is 0 Å². The summed E-state index contributed by atoms with van der Waals surface area (Å²) in [5, 5.41) is 2.60. The fourth-order valence-corrected chi connectivity index (χ4v) is 1.90. The highest BCUT2D eigenvalue weighted by molar-refractivity contribution is 5.80. The number of hydrogen-bond donors (Lipinski definition) is 2. The minimum atomic E-state index is -0.484. The molecule has 0 spiro atoms. The van der Waals surface area contributed by atoms with Crippen molar-refractivity contribution < 1.29 is 9.53 Å². The lowest BCUT2D eigenvalue weighted by atomic mass is 9.93. The summed E-state index contributed by atoms with van der Waals surface area (Å²) >= 11 is 0. The second kappa shape index (κ2) is 6.51. The van der Waals surface area contributed by atoms with E-state index >= 15 is 0 Å². The van der Waals surface area contributed by atoms with E-state index in [0.29, 0.717) is 0 Å². The predicted molar refractivity (Wildman–Crippen MR) is 62.6 cm³/mol. The van der Waals surface area contributed by atoms with Crippen molar-refractivity contribution in [2.24, 2.45) is 5.73 Å². The number of terminal acetylenes is 1. The van der Waals surface area contributed by atoms with E-state index in [1.807, 2.05) is 0 Å². The van der Waals surface area contributed by atoms with E-state index in [1.54, 1.807) is 6.92 Å². The monoisotopic (exact) mass is 224 g/mol. The largest absolute Gasteiger partial charge is 0.364 e. The molecule has 90 valence electrons. The predicted octanol–water partition coefficient (Wildman–Crippen LogP) is 0.411. The molecule has 0 aromatic carbocycles. The van der Waals surface area contributed by atoms with Gasteiger partial charge in [-0.2, -0.15) is 0 Å². The quantitative estimate of drug-likeness (QED) is 0.680. The summed E-state index contributed by atoms with van der Waals surface area (Å²) in [6, 6.07) is 0.0524. The summed E-state index contributed by atoms with van der Waals surface area (Å²) in [5.41, 5.74) is 5.94. The minimum absolute atomic E-state index is 0.000311. The lowest BCUT2D eigenvalue weighted by molar-refractivity contribution is -0.136. The molecule has 1 saturated carbocycles. The van der Waals surface area contributed by atoms with Crippen molar-refractivity contribution in [2.75, 3.05) is 6.54 Å². The highest BCUT2D eigenvalue weighted by atomic mass is 16.5. The highest BCUT2D eigenvalue weighted by Crippen LogP contribution is 2.20. The first-order valence-corrected chi connectivity index (χ1v) is 5.77. The van der Waals surface area contributed by atoms with E-state index in [1.165, 1.54) is 0 Å². The molecule has 3 atom stereocenters. The Balaban J connectivity index is 2.34. The first kappa shape index (κ1) is 13.0. The molecule has 0 aromatic heterocycles. The van der Waals surface area contributed by atoms with Gasteiger partial charge in [0, 0.05) is 6.04 Å². The van der Waals surface area contributed by atoms with Crippen LogP contribution in [0.2, 0.25) is 0 Å². The average Bonchev–Trinajstić information content (AvgIpc) is 2.28. The van der Waals surface area contributed by atoms with Gasteiger partial charge in [-0.25, -0.2) is 0 Å². The summed E-state index contributed by atoms with van der Waals surface area (Å²) in [5.74, 6) is 2.18. The normalized spacial score (nSPS) is 26.8. The average molecular weight is 224 g/mol. The molecule has 0 aromatic rings. The SMILES string of the molecule is C#CCNC(=O)C(C)OC1CCCCC1N. The molecule has 0 heterocycles. The van der Waals surface area contributed by atoms with Gasteiger partial charge in [0.05, 0.1) is 12.6 Å². The van der Waals surface area contributed by atoms with Crippen LogP contribution in [0.25, 0.3) is 0 Å². The van der Waals surface area contributed by atoms with Gasteiger partial charge in [0.25, 0.3) is 0 Å². The molecule has 4 nitrogen and oxygen atoms in total. The van der Waals surface area contributed by atoms with E-state index in [2.05, 4.69) is 11.2 Å². The van der Waals surface area contributed by atoms with Crippen molar-refractivity contribution >= 4 is 5.91 Å². The molecule has 3 N–H and O–H groups in total. The second-order valence-corrected chi connectivity index (χ2v) is 4.19. The third-order valence-corrected chi connectivity index (χ3v) is 2.87. The maximum atomic E-state index is 11.5. The third-order valence-electron chi connectivity index (χ3n) is 2.87. The lowest BCUT2D eigenvalue weighted by Crippen LogP contribution is -2.44. The molecular formula is C12H20N2O2. The summed E-state index contributed by atoms with van der Waals surface area (Å²) < 4.78 is 5.66. The molecule has 0 aliphatic heterocycles. The molecule has 1 fully saturated rings. The fourth-order valence-electron chi connectivity index (χ4n) is 1.90. The van der Waals surface area contributed by atoms with Gasteiger partial charge in [0.15, 0.2) is 0 Å². The smallest absolute Gasteiger partial charge is 0.249 e. The van der Waals surface area contributed by atoms with Crippen LogP contribution in [0.5, 0.6) is 0 Å². The first-order valence-electron chi connectivity index (χ1n) is 5.77. The molecular weight excluding hydrogens is 204 g/mol. The Hall–Kier alpha value is -1.05. The van der Waals surface area contributed by atoms with Gasteiger partial charge in [-0.15, -0.1) is 6.42 Å². The van der Waals surface area contributed by atoms with Gasteiger partial charge in [-0.1, -0.05) is 18.8 Å². The summed E-state index contributed by atoms with van der Waals surface area (Å²) in [4.78, 5) is 11.5. The van der Waals surface area contributed by atoms with Gasteiger partial charge < -0.3 is 15.8 Å². The van der Waals surface area contributed by atoms with E-state index < -0.39 is 6.10 Å². The number of amides is 1. The van der Waals surface area contributed by atoms with Crippen LogP contribution in [0, 0.1) is 12.3 Å². The van der Waals surface area contributed by atoms with Crippen LogP contribution in [0.15, 0.2) is 0 Å². The number of nitrogens with two attached hydrogens (primary N) is 1. The van der Waals surface area contributed by atoms with Gasteiger partial charge in [0.2, 0.25) is 5.91 Å². The zero-order chi connectivity index (χ0) is 12.0.